The number of rotatable bonds is 3. The van der Waals surface area contributed by atoms with Gasteiger partial charge in [0.05, 0.1) is 16.5 Å². The van der Waals surface area contributed by atoms with Crippen LogP contribution in [-0.4, -0.2) is 62.8 Å². The molecule has 25 heavy (non-hydrogen) atoms. The Labute approximate surface area is 143 Å². The van der Waals surface area contributed by atoms with Gasteiger partial charge in [-0.25, -0.2) is 14.6 Å². The quantitative estimate of drug-likeness (QED) is 0.527. The molecule has 0 atom stereocenters. The largest absolute Gasteiger partial charge is 0.353 e. The number of hydrogen-bond acceptors (Lipinski definition) is 7. The summed E-state index contributed by atoms with van der Waals surface area (Å²) >= 11 is 0. The number of benzene rings is 1. The molecule has 0 aliphatic carbocycles. The van der Waals surface area contributed by atoms with Crippen LogP contribution in [0.4, 0.5) is 11.5 Å². The highest BCUT2D eigenvalue weighted by molar-refractivity contribution is 5.88. The number of hydrogen-bond donors (Lipinski definition) is 0. The molecule has 2 aromatic heterocycles. The van der Waals surface area contributed by atoms with Crippen LogP contribution in [0.1, 0.15) is 0 Å². The number of anilines is 1. The Morgan fingerprint density at radius 2 is 1.88 bits per heavy atom. The number of aromatic nitrogens is 4. The van der Waals surface area contributed by atoms with Crippen molar-refractivity contribution in [1.82, 2.24) is 24.6 Å². The van der Waals surface area contributed by atoms with Crippen LogP contribution in [0, 0.1) is 10.1 Å². The van der Waals surface area contributed by atoms with Crippen molar-refractivity contribution >= 4 is 22.5 Å². The van der Waals surface area contributed by atoms with Gasteiger partial charge in [0.15, 0.2) is 5.65 Å². The summed E-state index contributed by atoms with van der Waals surface area (Å²) in [5, 5.41) is 16.5. The highest BCUT2D eigenvalue weighted by Gasteiger charge is 2.22. The zero-order valence-corrected chi connectivity index (χ0v) is 13.7. The topological polar surface area (TPSA) is 93.2 Å². The van der Waals surface area contributed by atoms with Crippen molar-refractivity contribution in [3.8, 4) is 5.69 Å². The van der Waals surface area contributed by atoms with Gasteiger partial charge >= 0.3 is 0 Å². The smallest absolute Gasteiger partial charge is 0.294 e. The Kier molecular flexibility index (Phi) is 3.77. The number of nitrogens with zero attached hydrogens (tertiary/aromatic N) is 7. The standard InChI is InChI=1S/C16H17N7O2/c1-20-6-8-21(9-7-20)15-12-10-19-22(16(12)18-11-17-15)13-4-2-3-5-14(13)23(24)25/h2-5,10-11H,6-9H2,1H3. The van der Waals surface area contributed by atoms with Gasteiger partial charge in [0.2, 0.25) is 0 Å². The molecule has 9 heteroatoms. The van der Waals surface area contributed by atoms with E-state index in [1.54, 1.807) is 24.4 Å². The van der Waals surface area contributed by atoms with Crippen LogP contribution in [0.2, 0.25) is 0 Å². The molecule has 9 nitrogen and oxygen atoms in total. The Bertz CT molecular complexity index is 931. The first kappa shape index (κ1) is 15.5. The lowest BCUT2D eigenvalue weighted by Gasteiger charge is -2.33. The predicted octanol–water partition coefficient (Wildman–Crippen LogP) is 1.48. The maximum atomic E-state index is 11.3. The van der Waals surface area contributed by atoms with Gasteiger partial charge in [-0.1, -0.05) is 12.1 Å². The molecule has 0 saturated carbocycles. The monoisotopic (exact) mass is 339 g/mol. The fraction of sp³-hybridized carbons (Fsp3) is 0.312. The molecular formula is C16H17N7O2. The highest BCUT2D eigenvalue weighted by Crippen LogP contribution is 2.28. The van der Waals surface area contributed by atoms with E-state index in [4.69, 9.17) is 0 Å². The average molecular weight is 339 g/mol. The minimum absolute atomic E-state index is 0.00717. The van der Waals surface area contributed by atoms with Gasteiger partial charge in [-0.15, -0.1) is 0 Å². The van der Waals surface area contributed by atoms with Gasteiger partial charge in [0, 0.05) is 32.2 Å². The molecule has 0 radical (unpaired) electrons. The van der Waals surface area contributed by atoms with E-state index in [1.807, 2.05) is 0 Å². The van der Waals surface area contributed by atoms with Gasteiger partial charge in [-0.3, -0.25) is 10.1 Å². The summed E-state index contributed by atoms with van der Waals surface area (Å²) in [5.74, 6) is 0.822. The molecule has 1 aromatic carbocycles. The normalized spacial score (nSPS) is 15.6. The van der Waals surface area contributed by atoms with Gasteiger partial charge < -0.3 is 9.80 Å². The van der Waals surface area contributed by atoms with Crippen molar-refractivity contribution in [2.45, 2.75) is 0 Å². The fourth-order valence-electron chi connectivity index (χ4n) is 3.08. The summed E-state index contributed by atoms with van der Waals surface area (Å²) in [6, 6.07) is 6.52. The van der Waals surface area contributed by atoms with Crippen LogP contribution in [0.15, 0.2) is 36.8 Å². The van der Waals surface area contributed by atoms with Crippen LogP contribution < -0.4 is 4.90 Å². The summed E-state index contributed by atoms with van der Waals surface area (Å²) < 4.78 is 1.51. The molecule has 0 spiro atoms. The molecular weight excluding hydrogens is 322 g/mol. The Morgan fingerprint density at radius 1 is 1.12 bits per heavy atom. The Hall–Kier alpha value is -3.07. The van der Waals surface area contributed by atoms with E-state index in [2.05, 4.69) is 31.9 Å². The molecule has 0 amide bonds. The Balaban J connectivity index is 1.81. The van der Waals surface area contributed by atoms with Crippen LogP contribution in [0.3, 0.4) is 0 Å². The summed E-state index contributed by atoms with van der Waals surface area (Å²) in [6.45, 7) is 3.67. The van der Waals surface area contributed by atoms with E-state index in [-0.39, 0.29) is 5.69 Å². The number of nitro groups is 1. The van der Waals surface area contributed by atoms with Gasteiger partial charge in [0.1, 0.15) is 17.8 Å². The van der Waals surface area contributed by atoms with Gasteiger partial charge in [-0.2, -0.15) is 5.10 Å². The summed E-state index contributed by atoms with van der Waals surface area (Å²) in [4.78, 5) is 24.1. The van der Waals surface area contributed by atoms with Crippen molar-refractivity contribution in [3.05, 3.63) is 46.9 Å². The zero-order valence-electron chi connectivity index (χ0n) is 13.7. The second kappa shape index (κ2) is 6.10. The fourth-order valence-corrected chi connectivity index (χ4v) is 3.08. The van der Waals surface area contributed by atoms with E-state index >= 15 is 0 Å². The lowest BCUT2D eigenvalue weighted by atomic mass is 10.2. The first-order valence-corrected chi connectivity index (χ1v) is 8.01. The predicted molar refractivity (Wildman–Crippen MR) is 93.0 cm³/mol. The molecule has 1 fully saturated rings. The van der Waals surface area contributed by atoms with E-state index < -0.39 is 4.92 Å². The van der Waals surface area contributed by atoms with Crippen molar-refractivity contribution in [2.75, 3.05) is 38.1 Å². The second-order valence-corrected chi connectivity index (χ2v) is 6.03. The molecule has 3 heterocycles. The first-order valence-electron chi connectivity index (χ1n) is 8.01. The van der Waals surface area contributed by atoms with Crippen LogP contribution in [-0.2, 0) is 0 Å². The van der Waals surface area contributed by atoms with Gasteiger partial charge in [0.25, 0.3) is 5.69 Å². The molecule has 0 N–H and O–H groups in total. The van der Waals surface area contributed by atoms with Crippen molar-refractivity contribution < 1.29 is 4.92 Å². The van der Waals surface area contributed by atoms with E-state index in [9.17, 15) is 10.1 Å². The lowest BCUT2D eigenvalue weighted by Crippen LogP contribution is -2.44. The first-order chi connectivity index (χ1) is 12.1. The van der Waals surface area contributed by atoms with Crippen molar-refractivity contribution in [1.29, 1.82) is 0 Å². The number of piperazine rings is 1. The number of likely N-dealkylation sites (N-methyl/N-ethyl adjacent to an activating group) is 1. The summed E-state index contributed by atoms with van der Waals surface area (Å²) in [5.41, 5.74) is 0.955. The van der Waals surface area contributed by atoms with Crippen LogP contribution >= 0.6 is 0 Å². The maximum absolute atomic E-state index is 11.3. The third kappa shape index (κ3) is 2.68. The maximum Gasteiger partial charge on any atom is 0.294 e. The Morgan fingerprint density at radius 3 is 2.64 bits per heavy atom. The molecule has 3 aromatic rings. The molecule has 1 saturated heterocycles. The minimum atomic E-state index is -0.411. The average Bonchev–Trinajstić information content (AvgIpc) is 3.06. The third-order valence-corrected chi connectivity index (χ3v) is 4.45. The number of para-hydroxylation sites is 2. The SMILES string of the molecule is CN1CCN(c2ncnc3c2cnn3-c2ccccc2[N+](=O)[O-])CC1. The molecule has 0 unspecified atom stereocenters. The summed E-state index contributed by atoms with van der Waals surface area (Å²) in [6.07, 6.45) is 3.17. The molecule has 128 valence electrons. The second-order valence-electron chi connectivity index (χ2n) is 6.03. The van der Waals surface area contributed by atoms with E-state index in [1.165, 1.54) is 17.1 Å². The zero-order chi connectivity index (χ0) is 17.4. The minimum Gasteiger partial charge on any atom is -0.353 e. The van der Waals surface area contributed by atoms with Crippen LogP contribution in [0.5, 0.6) is 0 Å². The number of fused-ring (bicyclic) bond motifs is 1. The van der Waals surface area contributed by atoms with Crippen molar-refractivity contribution in [3.63, 3.8) is 0 Å². The highest BCUT2D eigenvalue weighted by atomic mass is 16.6. The lowest BCUT2D eigenvalue weighted by molar-refractivity contribution is -0.384. The van der Waals surface area contributed by atoms with Crippen molar-refractivity contribution in [2.24, 2.45) is 0 Å². The molecule has 1 aliphatic rings. The molecule has 0 bridgehead atoms. The third-order valence-electron chi connectivity index (χ3n) is 4.45. The van der Waals surface area contributed by atoms with E-state index in [0.717, 1.165) is 37.4 Å². The molecule has 1 aliphatic heterocycles. The summed E-state index contributed by atoms with van der Waals surface area (Å²) in [7, 11) is 2.10. The molecule has 4 rings (SSSR count). The number of nitro benzene ring substituents is 1. The van der Waals surface area contributed by atoms with E-state index in [0.29, 0.717) is 11.3 Å². The van der Waals surface area contributed by atoms with Gasteiger partial charge in [-0.05, 0) is 13.1 Å². The van der Waals surface area contributed by atoms with Crippen LogP contribution in [0.25, 0.3) is 16.7 Å².